The number of hydrogen-bond donors (Lipinski definition) is 1. The van der Waals surface area contributed by atoms with E-state index in [4.69, 9.17) is 15.0 Å². The Hall–Kier alpha value is -1.86. The third-order valence-corrected chi connectivity index (χ3v) is 2.55. The maximum Gasteiger partial charge on any atom is 0.261 e. The molecule has 0 aliphatic rings. The molecule has 2 N–H and O–H groups in total. The Morgan fingerprint density at radius 2 is 2.32 bits per heavy atom. The van der Waals surface area contributed by atoms with E-state index in [1.807, 2.05) is 6.92 Å². The molecule has 2 heterocycles. The highest BCUT2D eigenvalue weighted by Crippen LogP contribution is 2.23. The van der Waals surface area contributed by atoms with Crippen molar-refractivity contribution in [1.29, 1.82) is 0 Å². The molecule has 102 valence electrons. The molecule has 0 aliphatic heterocycles. The van der Waals surface area contributed by atoms with E-state index in [1.54, 1.807) is 6.92 Å². The Bertz CT molecular complexity index is 556. The number of nitrogens with zero attached hydrogens (tertiary/aromatic N) is 3. The molecule has 1 unspecified atom stereocenters. The predicted octanol–water partition coefficient (Wildman–Crippen LogP) is 1.48. The molecule has 0 saturated heterocycles. The molecule has 1 atom stereocenters. The molecule has 2 rings (SSSR count). The first kappa shape index (κ1) is 13.6. The van der Waals surface area contributed by atoms with Crippen molar-refractivity contribution in [3.63, 3.8) is 0 Å². The molecule has 0 fully saturated rings. The number of pyridine rings is 1. The molecular weight excluding hydrogens is 251 g/mol. The van der Waals surface area contributed by atoms with Crippen molar-refractivity contribution in [2.45, 2.75) is 19.4 Å². The molecule has 19 heavy (non-hydrogen) atoms. The predicted molar refractivity (Wildman–Crippen MR) is 65.5 cm³/mol. The van der Waals surface area contributed by atoms with Crippen LogP contribution < -0.4 is 5.73 Å². The van der Waals surface area contributed by atoms with Crippen LogP contribution in [0.4, 0.5) is 4.39 Å². The second-order valence-electron chi connectivity index (χ2n) is 4.33. The van der Waals surface area contributed by atoms with E-state index in [1.165, 1.54) is 12.3 Å². The number of nitrogens with two attached hydrogens (primary N) is 1. The minimum absolute atomic E-state index is 0.0723. The lowest BCUT2D eigenvalue weighted by molar-refractivity contribution is 0.0962. The molecule has 0 amide bonds. The van der Waals surface area contributed by atoms with Gasteiger partial charge in [-0.3, -0.25) is 4.98 Å². The second kappa shape index (κ2) is 5.41. The lowest BCUT2D eigenvalue weighted by Crippen LogP contribution is -2.39. The number of ether oxygens (including phenoxy) is 1. The van der Waals surface area contributed by atoms with E-state index < -0.39 is 11.4 Å². The van der Waals surface area contributed by atoms with E-state index in [9.17, 15) is 4.39 Å². The van der Waals surface area contributed by atoms with Gasteiger partial charge in [0.15, 0.2) is 11.6 Å². The van der Waals surface area contributed by atoms with Crippen LogP contribution in [-0.4, -0.2) is 28.3 Å². The summed E-state index contributed by atoms with van der Waals surface area (Å²) in [6, 6.07) is 1.46. The van der Waals surface area contributed by atoms with E-state index in [0.29, 0.717) is 6.61 Å². The fourth-order valence-corrected chi connectivity index (χ4v) is 1.49. The minimum Gasteiger partial charge on any atom is -0.379 e. The highest BCUT2D eigenvalue weighted by atomic mass is 19.1. The summed E-state index contributed by atoms with van der Waals surface area (Å²) >= 11 is 0. The monoisotopic (exact) mass is 266 g/mol. The Morgan fingerprint density at radius 3 is 3.00 bits per heavy atom. The van der Waals surface area contributed by atoms with E-state index in [-0.39, 0.29) is 23.9 Å². The zero-order valence-electron chi connectivity index (χ0n) is 10.8. The maximum absolute atomic E-state index is 13.5. The average Bonchev–Trinajstić information content (AvgIpc) is 2.87. The first-order chi connectivity index (χ1) is 9.04. The Morgan fingerprint density at radius 1 is 1.53 bits per heavy atom. The Balaban J connectivity index is 2.27. The molecule has 2 aromatic rings. The number of hydrogen-bond acceptors (Lipinski definition) is 6. The maximum atomic E-state index is 13.5. The lowest BCUT2D eigenvalue weighted by Gasteiger charge is -2.19. The van der Waals surface area contributed by atoms with Crippen molar-refractivity contribution < 1.29 is 13.7 Å². The lowest BCUT2D eigenvalue weighted by atomic mass is 10.1. The number of rotatable bonds is 5. The zero-order valence-corrected chi connectivity index (χ0v) is 10.8. The quantitative estimate of drug-likeness (QED) is 0.882. The number of halogens is 1. The minimum atomic E-state index is -0.888. The molecule has 7 heteroatoms. The van der Waals surface area contributed by atoms with Gasteiger partial charge < -0.3 is 15.0 Å². The van der Waals surface area contributed by atoms with Crippen LogP contribution in [0.5, 0.6) is 0 Å². The molecule has 6 nitrogen and oxygen atoms in total. The van der Waals surface area contributed by atoms with Gasteiger partial charge in [0.1, 0.15) is 5.54 Å². The van der Waals surface area contributed by atoms with Crippen LogP contribution in [0.1, 0.15) is 19.7 Å². The van der Waals surface area contributed by atoms with Crippen LogP contribution in [0, 0.1) is 5.82 Å². The van der Waals surface area contributed by atoms with Crippen LogP contribution in [0.2, 0.25) is 0 Å². The zero-order chi connectivity index (χ0) is 13.9. The Labute approximate surface area is 109 Å². The molecule has 0 saturated carbocycles. The summed E-state index contributed by atoms with van der Waals surface area (Å²) in [5.74, 6) is -0.184. The first-order valence-corrected chi connectivity index (χ1v) is 5.85. The van der Waals surface area contributed by atoms with E-state index in [2.05, 4.69) is 15.1 Å². The third kappa shape index (κ3) is 2.94. The van der Waals surface area contributed by atoms with Gasteiger partial charge in [0.05, 0.1) is 18.4 Å². The van der Waals surface area contributed by atoms with E-state index in [0.717, 1.165) is 6.20 Å². The fraction of sp³-hybridized carbons (Fsp3) is 0.417. The largest absolute Gasteiger partial charge is 0.379 e. The summed E-state index contributed by atoms with van der Waals surface area (Å²) in [6.07, 6.45) is 2.53. The summed E-state index contributed by atoms with van der Waals surface area (Å²) in [7, 11) is 0. The average molecular weight is 266 g/mol. The van der Waals surface area contributed by atoms with E-state index >= 15 is 0 Å². The standard InChI is InChI=1S/C12H15FN4O2/c1-3-18-7-12(2,14)11-16-10(19-17-11)8-4-5-15-6-9(8)13/h4-6H,3,7,14H2,1-2H3. The van der Waals surface area contributed by atoms with Crippen molar-refractivity contribution in [2.75, 3.05) is 13.2 Å². The van der Waals surface area contributed by atoms with Gasteiger partial charge in [-0.15, -0.1) is 0 Å². The molecular formula is C12H15FN4O2. The van der Waals surface area contributed by atoms with Gasteiger partial charge in [-0.2, -0.15) is 4.98 Å². The summed E-state index contributed by atoms with van der Waals surface area (Å²) in [6.45, 7) is 4.38. The van der Waals surface area contributed by atoms with Gasteiger partial charge in [-0.1, -0.05) is 5.16 Å². The summed E-state index contributed by atoms with van der Waals surface area (Å²) < 4.78 is 23.8. The highest BCUT2D eigenvalue weighted by Gasteiger charge is 2.28. The van der Waals surface area contributed by atoms with Crippen molar-refractivity contribution in [3.8, 4) is 11.5 Å². The molecule has 0 aromatic carbocycles. The van der Waals surface area contributed by atoms with Crippen molar-refractivity contribution in [2.24, 2.45) is 5.73 Å². The topological polar surface area (TPSA) is 87.1 Å². The molecule has 0 spiro atoms. The summed E-state index contributed by atoms with van der Waals surface area (Å²) in [4.78, 5) is 7.77. The van der Waals surface area contributed by atoms with Crippen molar-refractivity contribution in [3.05, 3.63) is 30.1 Å². The Kier molecular flexibility index (Phi) is 3.87. The van der Waals surface area contributed by atoms with Crippen LogP contribution in [0.15, 0.2) is 23.0 Å². The van der Waals surface area contributed by atoms with Gasteiger partial charge in [0.25, 0.3) is 5.89 Å². The van der Waals surface area contributed by atoms with Gasteiger partial charge in [-0.25, -0.2) is 4.39 Å². The van der Waals surface area contributed by atoms with Gasteiger partial charge in [0, 0.05) is 12.8 Å². The van der Waals surface area contributed by atoms with Crippen LogP contribution in [-0.2, 0) is 10.3 Å². The second-order valence-corrected chi connectivity index (χ2v) is 4.33. The van der Waals surface area contributed by atoms with Gasteiger partial charge >= 0.3 is 0 Å². The molecule has 0 radical (unpaired) electrons. The highest BCUT2D eigenvalue weighted by molar-refractivity contribution is 5.52. The van der Waals surface area contributed by atoms with Crippen molar-refractivity contribution in [1.82, 2.24) is 15.1 Å². The normalized spacial score (nSPS) is 14.3. The molecule has 0 aliphatic carbocycles. The van der Waals surface area contributed by atoms with Crippen molar-refractivity contribution >= 4 is 0 Å². The molecule has 0 bridgehead atoms. The summed E-state index contributed by atoms with van der Waals surface area (Å²) in [5, 5.41) is 3.78. The van der Waals surface area contributed by atoms with Gasteiger partial charge in [0.2, 0.25) is 0 Å². The molecule has 2 aromatic heterocycles. The first-order valence-electron chi connectivity index (χ1n) is 5.85. The smallest absolute Gasteiger partial charge is 0.261 e. The summed E-state index contributed by atoms with van der Waals surface area (Å²) in [5.41, 5.74) is 5.35. The number of aromatic nitrogens is 3. The van der Waals surface area contributed by atoms with Crippen LogP contribution in [0.25, 0.3) is 11.5 Å². The van der Waals surface area contributed by atoms with Crippen LogP contribution >= 0.6 is 0 Å². The fourth-order valence-electron chi connectivity index (χ4n) is 1.49. The van der Waals surface area contributed by atoms with Crippen LogP contribution in [0.3, 0.4) is 0 Å². The third-order valence-electron chi connectivity index (χ3n) is 2.55. The van der Waals surface area contributed by atoms with Gasteiger partial charge in [-0.05, 0) is 19.9 Å². The SMILES string of the molecule is CCOCC(C)(N)c1noc(-c2ccncc2F)n1.